The summed E-state index contributed by atoms with van der Waals surface area (Å²) in [6.07, 6.45) is 1.70. The second-order valence-corrected chi connectivity index (χ2v) is 8.01. The van der Waals surface area contributed by atoms with Gasteiger partial charge in [-0.3, -0.25) is 4.79 Å². The number of nitrogens with one attached hydrogen (secondary N) is 2. The normalized spacial score (nSPS) is 14.6. The van der Waals surface area contributed by atoms with E-state index in [0.717, 1.165) is 29.4 Å². The van der Waals surface area contributed by atoms with Crippen molar-refractivity contribution in [3.8, 4) is 0 Å². The van der Waals surface area contributed by atoms with Crippen LogP contribution in [0.2, 0.25) is 5.02 Å². The molecular formula is C23H24ClN3O3. The average Bonchev–Trinajstić information content (AvgIpc) is 3.21. The Kier molecular flexibility index (Phi) is 6.23. The number of rotatable bonds is 5. The molecule has 0 unspecified atom stereocenters. The molecule has 0 radical (unpaired) electrons. The quantitative estimate of drug-likeness (QED) is 0.634. The van der Waals surface area contributed by atoms with Crippen molar-refractivity contribution < 1.29 is 14.0 Å². The largest absolute Gasteiger partial charge is 0.451 e. The Morgan fingerprint density at radius 2 is 1.77 bits per heavy atom. The van der Waals surface area contributed by atoms with Crippen LogP contribution in [0.15, 0.2) is 59.0 Å². The smallest absolute Gasteiger partial charge is 0.315 e. The summed E-state index contributed by atoms with van der Waals surface area (Å²) in [5, 5.41) is 7.39. The molecule has 0 aliphatic carbocycles. The molecule has 1 saturated heterocycles. The van der Waals surface area contributed by atoms with Gasteiger partial charge >= 0.3 is 6.03 Å². The molecule has 3 aromatic rings. The highest BCUT2D eigenvalue weighted by atomic mass is 35.5. The number of halogens is 1. The van der Waals surface area contributed by atoms with Gasteiger partial charge in [0.15, 0.2) is 5.76 Å². The monoisotopic (exact) mass is 425 g/mol. The zero-order valence-corrected chi connectivity index (χ0v) is 17.3. The molecule has 1 aliphatic heterocycles. The number of para-hydroxylation sites is 1. The van der Waals surface area contributed by atoms with Crippen LogP contribution in [0.25, 0.3) is 11.0 Å². The standard InChI is InChI=1S/C23H24ClN3O3/c24-19-7-5-16(6-8-19)14-25-23(29)26-15-17-9-11-27(12-10-17)22(28)21-13-18-3-1-2-4-20(18)30-21/h1-8,13,17H,9-12,14-15H2,(H2,25,26,29). The fourth-order valence-electron chi connectivity index (χ4n) is 3.67. The summed E-state index contributed by atoms with van der Waals surface area (Å²) in [4.78, 5) is 26.6. The Balaban J connectivity index is 1.20. The second-order valence-electron chi connectivity index (χ2n) is 7.57. The van der Waals surface area contributed by atoms with E-state index in [4.69, 9.17) is 16.0 Å². The lowest BCUT2D eigenvalue weighted by Crippen LogP contribution is -2.43. The number of hydrogen-bond acceptors (Lipinski definition) is 3. The van der Waals surface area contributed by atoms with E-state index < -0.39 is 0 Å². The molecular weight excluding hydrogens is 402 g/mol. The molecule has 30 heavy (non-hydrogen) atoms. The first-order chi connectivity index (χ1) is 14.6. The molecule has 1 aromatic heterocycles. The van der Waals surface area contributed by atoms with Crippen molar-refractivity contribution in [1.82, 2.24) is 15.5 Å². The maximum Gasteiger partial charge on any atom is 0.315 e. The summed E-state index contributed by atoms with van der Waals surface area (Å²) in [7, 11) is 0. The predicted molar refractivity (Wildman–Crippen MR) is 117 cm³/mol. The van der Waals surface area contributed by atoms with Crippen LogP contribution in [-0.4, -0.2) is 36.5 Å². The molecule has 2 N–H and O–H groups in total. The van der Waals surface area contributed by atoms with E-state index >= 15 is 0 Å². The maximum atomic E-state index is 12.7. The number of hydrogen-bond donors (Lipinski definition) is 2. The summed E-state index contributed by atoms with van der Waals surface area (Å²) in [5.41, 5.74) is 1.72. The van der Waals surface area contributed by atoms with Crippen LogP contribution in [0.1, 0.15) is 29.0 Å². The average molecular weight is 426 g/mol. The topological polar surface area (TPSA) is 74.6 Å². The summed E-state index contributed by atoms with van der Waals surface area (Å²) in [6.45, 7) is 2.37. The summed E-state index contributed by atoms with van der Waals surface area (Å²) < 4.78 is 5.69. The number of carbonyl (C=O) groups is 2. The molecule has 0 spiro atoms. The Bertz CT molecular complexity index is 991. The molecule has 0 saturated carbocycles. The Morgan fingerprint density at radius 1 is 1.03 bits per heavy atom. The Hall–Kier alpha value is -2.99. The van der Waals surface area contributed by atoms with Gasteiger partial charge in [0, 0.05) is 36.6 Å². The lowest BCUT2D eigenvalue weighted by molar-refractivity contribution is 0.0661. The summed E-state index contributed by atoms with van der Waals surface area (Å²) in [5.74, 6) is 0.665. The van der Waals surface area contributed by atoms with Crippen LogP contribution in [0.5, 0.6) is 0 Å². The maximum absolute atomic E-state index is 12.7. The van der Waals surface area contributed by atoms with Crippen molar-refractivity contribution in [2.75, 3.05) is 19.6 Å². The number of fused-ring (bicyclic) bond motifs is 1. The predicted octanol–water partition coefficient (Wildman–Crippen LogP) is 4.44. The number of nitrogens with zero attached hydrogens (tertiary/aromatic N) is 1. The van der Waals surface area contributed by atoms with Crippen LogP contribution in [-0.2, 0) is 6.54 Å². The zero-order valence-electron chi connectivity index (χ0n) is 16.6. The second kappa shape index (κ2) is 9.22. The molecule has 2 heterocycles. The summed E-state index contributed by atoms with van der Waals surface area (Å²) in [6, 6.07) is 16.6. The number of benzene rings is 2. The Morgan fingerprint density at radius 3 is 2.50 bits per heavy atom. The van der Waals surface area contributed by atoms with Gasteiger partial charge in [0.1, 0.15) is 5.58 Å². The number of furan rings is 1. The highest BCUT2D eigenvalue weighted by Gasteiger charge is 2.25. The third-order valence-corrected chi connectivity index (χ3v) is 5.71. The van der Waals surface area contributed by atoms with Crippen LogP contribution < -0.4 is 10.6 Å². The van der Waals surface area contributed by atoms with E-state index in [9.17, 15) is 9.59 Å². The van der Waals surface area contributed by atoms with E-state index in [1.165, 1.54) is 0 Å². The number of carbonyl (C=O) groups excluding carboxylic acids is 2. The van der Waals surface area contributed by atoms with Crippen molar-refractivity contribution in [1.29, 1.82) is 0 Å². The third-order valence-electron chi connectivity index (χ3n) is 5.46. The molecule has 156 valence electrons. The van der Waals surface area contributed by atoms with E-state index in [1.807, 2.05) is 41.3 Å². The first kappa shape index (κ1) is 20.3. The number of likely N-dealkylation sites (tertiary alicyclic amines) is 1. The van der Waals surface area contributed by atoms with Gasteiger partial charge in [-0.25, -0.2) is 4.79 Å². The van der Waals surface area contributed by atoms with Crippen LogP contribution >= 0.6 is 11.6 Å². The molecule has 0 atom stereocenters. The van der Waals surface area contributed by atoms with Gasteiger partial charge in [-0.05, 0) is 48.6 Å². The number of piperidine rings is 1. The van der Waals surface area contributed by atoms with E-state index in [0.29, 0.717) is 42.9 Å². The Labute approximate surface area is 180 Å². The van der Waals surface area contributed by atoms with E-state index in [2.05, 4.69) is 10.6 Å². The van der Waals surface area contributed by atoms with Crippen LogP contribution in [0, 0.1) is 5.92 Å². The van der Waals surface area contributed by atoms with Gasteiger partial charge in [0.25, 0.3) is 5.91 Å². The van der Waals surface area contributed by atoms with Crippen molar-refractivity contribution in [2.24, 2.45) is 5.92 Å². The van der Waals surface area contributed by atoms with Crippen LogP contribution in [0.4, 0.5) is 4.79 Å². The van der Waals surface area contributed by atoms with Crippen molar-refractivity contribution in [3.05, 3.63) is 70.9 Å². The van der Waals surface area contributed by atoms with Gasteiger partial charge in [0.05, 0.1) is 0 Å². The number of urea groups is 1. The molecule has 6 nitrogen and oxygen atoms in total. The first-order valence-electron chi connectivity index (χ1n) is 10.1. The molecule has 0 bridgehead atoms. The molecule has 2 aromatic carbocycles. The van der Waals surface area contributed by atoms with Crippen molar-refractivity contribution in [2.45, 2.75) is 19.4 Å². The first-order valence-corrected chi connectivity index (χ1v) is 10.5. The van der Waals surface area contributed by atoms with E-state index in [-0.39, 0.29) is 11.9 Å². The van der Waals surface area contributed by atoms with Crippen LogP contribution in [0.3, 0.4) is 0 Å². The number of amides is 3. The van der Waals surface area contributed by atoms with Crippen molar-refractivity contribution in [3.63, 3.8) is 0 Å². The highest BCUT2D eigenvalue weighted by molar-refractivity contribution is 6.30. The van der Waals surface area contributed by atoms with Gasteiger partial charge in [-0.2, -0.15) is 0 Å². The fraction of sp³-hybridized carbons (Fsp3) is 0.304. The summed E-state index contributed by atoms with van der Waals surface area (Å²) >= 11 is 5.86. The van der Waals surface area contributed by atoms with Gasteiger partial charge in [-0.1, -0.05) is 41.9 Å². The molecule has 7 heteroatoms. The molecule has 3 amide bonds. The fourth-order valence-corrected chi connectivity index (χ4v) is 3.79. The molecule has 1 fully saturated rings. The molecule has 1 aliphatic rings. The van der Waals surface area contributed by atoms with E-state index in [1.54, 1.807) is 18.2 Å². The lowest BCUT2D eigenvalue weighted by Gasteiger charge is -2.31. The van der Waals surface area contributed by atoms with Crippen molar-refractivity contribution >= 4 is 34.5 Å². The minimum Gasteiger partial charge on any atom is -0.451 e. The SMILES string of the molecule is O=C(NCc1ccc(Cl)cc1)NCC1CCN(C(=O)c2cc3ccccc3o2)CC1. The van der Waals surface area contributed by atoms with Gasteiger partial charge in [0.2, 0.25) is 0 Å². The van der Waals surface area contributed by atoms with Gasteiger partial charge < -0.3 is 20.0 Å². The highest BCUT2D eigenvalue weighted by Crippen LogP contribution is 2.23. The molecule has 4 rings (SSSR count). The minimum atomic E-state index is -0.189. The minimum absolute atomic E-state index is 0.0710. The zero-order chi connectivity index (χ0) is 20.9. The third kappa shape index (κ3) is 4.94. The van der Waals surface area contributed by atoms with Gasteiger partial charge in [-0.15, -0.1) is 0 Å². The lowest BCUT2D eigenvalue weighted by atomic mass is 9.96.